The lowest BCUT2D eigenvalue weighted by Crippen LogP contribution is -2.49. The molecule has 0 spiro atoms. The first kappa shape index (κ1) is 27.2. The number of nitrogens with zero attached hydrogens (tertiary/aromatic N) is 2. The van der Waals surface area contributed by atoms with Crippen LogP contribution in [0, 0.1) is 5.41 Å². The fourth-order valence-electron chi connectivity index (χ4n) is 3.88. The van der Waals surface area contributed by atoms with E-state index < -0.39 is 0 Å². The largest absolute Gasteiger partial charge is 0.355 e. The van der Waals surface area contributed by atoms with Gasteiger partial charge in [-0.2, -0.15) is 0 Å². The Hall–Kier alpha value is -1.84. The molecule has 7 nitrogen and oxygen atoms in total. The fraction of sp³-hybridized carbons (Fsp3) is 0.609. The number of amides is 2. The predicted octanol–water partition coefficient (Wildman–Crippen LogP) is 3.15. The minimum Gasteiger partial charge on any atom is -0.355 e. The van der Waals surface area contributed by atoms with Crippen molar-refractivity contribution in [3.63, 3.8) is 0 Å². The van der Waals surface area contributed by atoms with Gasteiger partial charge in [-0.3, -0.25) is 14.6 Å². The predicted molar refractivity (Wildman–Crippen MR) is 137 cm³/mol. The molecule has 8 heteroatoms. The second-order valence-electron chi connectivity index (χ2n) is 8.45. The summed E-state index contributed by atoms with van der Waals surface area (Å²) in [5.74, 6) is 0.782. The van der Waals surface area contributed by atoms with E-state index >= 15 is 0 Å². The van der Waals surface area contributed by atoms with E-state index in [-0.39, 0.29) is 47.2 Å². The molecular formula is C23H38IN5O2. The highest BCUT2D eigenvalue weighted by Gasteiger charge is 2.42. The maximum Gasteiger partial charge on any atom is 0.251 e. The molecule has 2 amide bonds. The molecular weight excluding hydrogens is 505 g/mol. The van der Waals surface area contributed by atoms with Gasteiger partial charge in [0.15, 0.2) is 5.96 Å². The van der Waals surface area contributed by atoms with Crippen molar-refractivity contribution in [1.29, 1.82) is 0 Å². The van der Waals surface area contributed by atoms with Gasteiger partial charge in [-0.15, -0.1) is 24.0 Å². The minimum atomic E-state index is -0.352. The van der Waals surface area contributed by atoms with Crippen LogP contribution in [0.5, 0.6) is 0 Å². The molecule has 1 saturated carbocycles. The molecule has 1 atom stereocenters. The molecule has 3 N–H and O–H groups in total. The molecule has 2 rings (SSSR count). The number of hydrogen-bond acceptors (Lipinski definition) is 3. The SMILES string of the molecule is CCC(C)NC(=O)c1cccc(CNC(=NC)NCC2(C(=O)N(C)C)CCCC2)c1.I. The van der Waals surface area contributed by atoms with E-state index in [2.05, 4.69) is 20.9 Å². The molecule has 1 fully saturated rings. The van der Waals surface area contributed by atoms with Crippen LogP contribution < -0.4 is 16.0 Å². The van der Waals surface area contributed by atoms with Crippen LogP contribution in [-0.4, -0.2) is 56.4 Å². The standard InChI is InChI=1S/C23H37N5O2.HI/c1-6-17(2)27-20(29)19-11-9-10-18(14-19)15-25-22(24-3)26-16-23(12-7-8-13-23)21(30)28(4)5;/h9-11,14,17H,6-8,12-13,15-16H2,1-5H3,(H,27,29)(H2,24,25,26);1H. The smallest absolute Gasteiger partial charge is 0.251 e. The number of halogens is 1. The summed E-state index contributed by atoms with van der Waals surface area (Å²) in [6, 6.07) is 7.74. The van der Waals surface area contributed by atoms with Crippen molar-refractivity contribution in [1.82, 2.24) is 20.9 Å². The van der Waals surface area contributed by atoms with Gasteiger partial charge in [0.25, 0.3) is 5.91 Å². The van der Waals surface area contributed by atoms with Gasteiger partial charge in [-0.05, 0) is 43.9 Å². The lowest BCUT2D eigenvalue weighted by atomic mass is 9.84. The first-order valence-electron chi connectivity index (χ1n) is 10.9. The van der Waals surface area contributed by atoms with Gasteiger partial charge in [-0.1, -0.05) is 31.9 Å². The average Bonchev–Trinajstić information content (AvgIpc) is 3.23. The number of nitrogens with one attached hydrogen (secondary N) is 3. The van der Waals surface area contributed by atoms with Crippen molar-refractivity contribution in [3.8, 4) is 0 Å². The first-order valence-corrected chi connectivity index (χ1v) is 10.9. The summed E-state index contributed by atoms with van der Waals surface area (Å²) in [5, 5.41) is 9.63. The molecule has 1 aliphatic rings. The quantitative estimate of drug-likeness (QED) is 0.267. The zero-order chi connectivity index (χ0) is 22.1. The molecule has 0 heterocycles. The maximum atomic E-state index is 12.7. The van der Waals surface area contributed by atoms with Crippen LogP contribution >= 0.6 is 24.0 Å². The summed E-state index contributed by atoms with van der Waals surface area (Å²) in [4.78, 5) is 31.1. The van der Waals surface area contributed by atoms with Gasteiger partial charge in [0.1, 0.15) is 0 Å². The van der Waals surface area contributed by atoms with Crippen molar-refractivity contribution in [2.24, 2.45) is 10.4 Å². The molecule has 0 bridgehead atoms. The topological polar surface area (TPSA) is 85.8 Å². The maximum absolute atomic E-state index is 12.7. The van der Waals surface area contributed by atoms with Crippen LogP contribution in [-0.2, 0) is 11.3 Å². The fourth-order valence-corrected chi connectivity index (χ4v) is 3.88. The van der Waals surface area contributed by atoms with Gasteiger partial charge in [-0.25, -0.2) is 0 Å². The second kappa shape index (κ2) is 12.9. The summed E-state index contributed by atoms with van der Waals surface area (Å²) in [7, 11) is 5.36. The average molecular weight is 543 g/mol. The molecule has 0 saturated heterocycles. The number of guanidine groups is 1. The van der Waals surface area contributed by atoms with Gasteiger partial charge in [0, 0.05) is 45.8 Å². The summed E-state index contributed by atoms with van der Waals surface area (Å²) >= 11 is 0. The number of hydrogen-bond donors (Lipinski definition) is 3. The summed E-state index contributed by atoms with van der Waals surface area (Å²) < 4.78 is 0. The molecule has 1 aliphatic carbocycles. The Morgan fingerprint density at radius 3 is 2.45 bits per heavy atom. The van der Waals surface area contributed by atoms with Crippen molar-refractivity contribution in [2.75, 3.05) is 27.7 Å². The van der Waals surface area contributed by atoms with E-state index in [1.165, 1.54) is 0 Å². The van der Waals surface area contributed by atoms with Crippen LogP contribution in [0.1, 0.15) is 61.9 Å². The van der Waals surface area contributed by atoms with E-state index in [0.717, 1.165) is 37.7 Å². The second-order valence-corrected chi connectivity index (χ2v) is 8.45. The monoisotopic (exact) mass is 543 g/mol. The van der Waals surface area contributed by atoms with Gasteiger partial charge < -0.3 is 20.9 Å². The van der Waals surface area contributed by atoms with E-state index in [4.69, 9.17) is 0 Å². The molecule has 0 radical (unpaired) electrons. The normalized spacial score (nSPS) is 16.1. The van der Waals surface area contributed by atoms with Crippen LogP contribution in [0.3, 0.4) is 0 Å². The Kier molecular flexibility index (Phi) is 11.3. The van der Waals surface area contributed by atoms with E-state index in [1.54, 1.807) is 11.9 Å². The number of carbonyl (C=O) groups is 2. The Morgan fingerprint density at radius 1 is 1.19 bits per heavy atom. The van der Waals surface area contributed by atoms with E-state index in [0.29, 0.717) is 24.6 Å². The Bertz CT molecular complexity index is 760. The third kappa shape index (κ3) is 7.66. The summed E-state index contributed by atoms with van der Waals surface area (Å²) in [6.45, 7) is 5.16. The highest BCUT2D eigenvalue weighted by molar-refractivity contribution is 14.0. The zero-order valence-corrected chi connectivity index (χ0v) is 21.8. The third-order valence-corrected chi connectivity index (χ3v) is 5.88. The molecule has 1 unspecified atom stereocenters. The third-order valence-electron chi connectivity index (χ3n) is 5.88. The van der Waals surface area contributed by atoms with Crippen molar-refractivity contribution < 1.29 is 9.59 Å². The molecule has 0 aliphatic heterocycles. The highest BCUT2D eigenvalue weighted by atomic mass is 127. The Labute approximate surface area is 203 Å². The van der Waals surface area contributed by atoms with Crippen molar-refractivity contribution in [3.05, 3.63) is 35.4 Å². The highest BCUT2D eigenvalue weighted by Crippen LogP contribution is 2.38. The van der Waals surface area contributed by atoms with Gasteiger partial charge >= 0.3 is 0 Å². The molecule has 174 valence electrons. The van der Waals surface area contributed by atoms with Crippen LogP contribution in [0.4, 0.5) is 0 Å². The van der Waals surface area contributed by atoms with E-state index in [1.807, 2.05) is 52.2 Å². The van der Waals surface area contributed by atoms with Crippen LogP contribution in [0.25, 0.3) is 0 Å². The van der Waals surface area contributed by atoms with Crippen LogP contribution in [0.2, 0.25) is 0 Å². The number of carbonyl (C=O) groups excluding carboxylic acids is 2. The number of aliphatic imine (C=N–C) groups is 1. The number of rotatable bonds is 8. The van der Waals surface area contributed by atoms with Gasteiger partial charge in [0.2, 0.25) is 5.91 Å². The summed E-state index contributed by atoms with van der Waals surface area (Å²) in [6.07, 6.45) is 4.87. The zero-order valence-electron chi connectivity index (χ0n) is 19.5. The van der Waals surface area contributed by atoms with Crippen LogP contribution in [0.15, 0.2) is 29.3 Å². The molecule has 31 heavy (non-hydrogen) atoms. The summed E-state index contributed by atoms with van der Waals surface area (Å²) in [5.41, 5.74) is 1.29. The Balaban J connectivity index is 0.00000480. The molecule has 1 aromatic carbocycles. The van der Waals surface area contributed by atoms with E-state index in [9.17, 15) is 9.59 Å². The minimum absolute atomic E-state index is 0. The lowest BCUT2D eigenvalue weighted by molar-refractivity contribution is -0.138. The lowest BCUT2D eigenvalue weighted by Gasteiger charge is -2.31. The molecule has 1 aromatic rings. The molecule has 0 aromatic heterocycles. The number of benzene rings is 1. The van der Waals surface area contributed by atoms with Crippen molar-refractivity contribution >= 4 is 41.8 Å². The Morgan fingerprint density at radius 2 is 1.87 bits per heavy atom. The van der Waals surface area contributed by atoms with Crippen molar-refractivity contribution in [2.45, 2.75) is 58.5 Å². The first-order chi connectivity index (χ1) is 14.3. The van der Waals surface area contributed by atoms with Gasteiger partial charge in [0.05, 0.1) is 5.41 Å².